The maximum Gasteiger partial charge on any atom is 0.251 e. The first-order chi connectivity index (χ1) is 12.8. The van der Waals surface area contributed by atoms with Gasteiger partial charge in [0.25, 0.3) is 5.91 Å². The lowest BCUT2D eigenvalue weighted by Gasteiger charge is -2.33. The molecule has 3 heterocycles. The van der Waals surface area contributed by atoms with Crippen molar-refractivity contribution in [1.82, 2.24) is 20.5 Å². The van der Waals surface area contributed by atoms with E-state index in [1.165, 1.54) is 32.2 Å². The summed E-state index contributed by atoms with van der Waals surface area (Å²) >= 11 is 0. The Bertz CT molecular complexity index is 612. The minimum absolute atomic E-state index is 0.0340. The molecule has 0 bridgehead atoms. The van der Waals surface area contributed by atoms with Crippen LogP contribution in [0.3, 0.4) is 0 Å². The predicted octanol–water partition coefficient (Wildman–Crippen LogP) is 1.49. The normalized spacial score (nSPS) is 22.8. The second kappa shape index (κ2) is 8.35. The lowest BCUT2D eigenvalue weighted by molar-refractivity contribution is 0.0951. The van der Waals surface area contributed by atoms with Crippen LogP contribution < -0.4 is 15.5 Å². The van der Waals surface area contributed by atoms with Gasteiger partial charge in [-0.3, -0.25) is 9.69 Å². The van der Waals surface area contributed by atoms with Crippen molar-refractivity contribution in [2.75, 3.05) is 50.7 Å². The van der Waals surface area contributed by atoms with Crippen LogP contribution in [0.4, 0.5) is 5.82 Å². The number of nitrogens with one attached hydrogen (secondary N) is 2. The summed E-state index contributed by atoms with van der Waals surface area (Å²) in [7, 11) is 0. The van der Waals surface area contributed by atoms with E-state index in [4.69, 9.17) is 0 Å². The van der Waals surface area contributed by atoms with Crippen LogP contribution in [0.25, 0.3) is 0 Å². The largest absolute Gasteiger partial charge is 0.355 e. The maximum atomic E-state index is 12.4. The van der Waals surface area contributed by atoms with Crippen molar-refractivity contribution in [3.63, 3.8) is 0 Å². The molecule has 1 aromatic rings. The van der Waals surface area contributed by atoms with Crippen LogP contribution in [0.1, 0.15) is 42.5 Å². The van der Waals surface area contributed by atoms with Gasteiger partial charge < -0.3 is 15.5 Å². The molecule has 4 rings (SSSR count). The third-order valence-corrected chi connectivity index (χ3v) is 5.94. The van der Waals surface area contributed by atoms with E-state index >= 15 is 0 Å². The Morgan fingerprint density at radius 1 is 1.15 bits per heavy atom. The van der Waals surface area contributed by atoms with E-state index in [1.807, 2.05) is 12.1 Å². The Balaban J connectivity index is 1.35. The molecule has 2 saturated heterocycles. The zero-order chi connectivity index (χ0) is 17.8. The Hall–Kier alpha value is -1.66. The van der Waals surface area contributed by atoms with E-state index in [0.29, 0.717) is 5.92 Å². The number of hydrogen-bond donors (Lipinski definition) is 2. The van der Waals surface area contributed by atoms with Gasteiger partial charge in [-0.05, 0) is 63.2 Å². The molecule has 0 aromatic carbocycles. The van der Waals surface area contributed by atoms with Crippen LogP contribution in [0, 0.1) is 5.92 Å². The molecule has 6 nitrogen and oxygen atoms in total. The van der Waals surface area contributed by atoms with Gasteiger partial charge in [-0.1, -0.05) is 0 Å². The summed E-state index contributed by atoms with van der Waals surface area (Å²) < 4.78 is 0. The lowest BCUT2D eigenvalue weighted by atomic mass is 10.0. The fourth-order valence-electron chi connectivity index (χ4n) is 4.10. The van der Waals surface area contributed by atoms with E-state index in [2.05, 4.69) is 25.4 Å². The average Bonchev–Trinajstić information content (AvgIpc) is 3.53. The first kappa shape index (κ1) is 17.7. The molecule has 2 aliphatic heterocycles. The van der Waals surface area contributed by atoms with Gasteiger partial charge in [0.1, 0.15) is 5.82 Å². The van der Waals surface area contributed by atoms with Gasteiger partial charge in [0.15, 0.2) is 0 Å². The number of carbonyl (C=O) groups excluding carboxylic acids is 1. The van der Waals surface area contributed by atoms with Crippen molar-refractivity contribution < 1.29 is 4.79 Å². The lowest BCUT2D eigenvalue weighted by Crippen LogP contribution is -2.44. The molecule has 1 saturated carbocycles. The molecule has 2 N–H and O–H groups in total. The molecule has 0 atom stereocenters. The molecule has 1 amide bonds. The average molecular weight is 358 g/mol. The minimum atomic E-state index is 0.0340. The summed E-state index contributed by atoms with van der Waals surface area (Å²) in [6.07, 6.45) is 7.96. The van der Waals surface area contributed by atoms with Gasteiger partial charge in [0.2, 0.25) is 0 Å². The van der Waals surface area contributed by atoms with Crippen molar-refractivity contribution in [2.24, 2.45) is 5.92 Å². The van der Waals surface area contributed by atoms with Crippen molar-refractivity contribution in [1.29, 1.82) is 0 Å². The van der Waals surface area contributed by atoms with Crippen LogP contribution in [0.2, 0.25) is 0 Å². The van der Waals surface area contributed by atoms with E-state index < -0.39 is 0 Å². The fraction of sp³-hybridized carbons (Fsp3) is 0.700. The summed E-state index contributed by atoms with van der Waals surface area (Å²) in [6, 6.07) is 4.51. The molecule has 6 heteroatoms. The Kier molecular flexibility index (Phi) is 5.70. The zero-order valence-corrected chi connectivity index (χ0v) is 15.6. The van der Waals surface area contributed by atoms with Gasteiger partial charge in [0, 0.05) is 50.5 Å². The molecule has 3 fully saturated rings. The number of nitrogens with zero attached hydrogens (tertiary/aromatic N) is 3. The third-order valence-electron chi connectivity index (χ3n) is 5.94. The number of piperidine rings is 1. The number of hydrogen-bond acceptors (Lipinski definition) is 5. The van der Waals surface area contributed by atoms with Crippen molar-refractivity contribution in [2.45, 2.75) is 38.1 Å². The van der Waals surface area contributed by atoms with E-state index in [-0.39, 0.29) is 5.91 Å². The number of aromatic nitrogens is 1. The highest BCUT2D eigenvalue weighted by molar-refractivity contribution is 5.94. The van der Waals surface area contributed by atoms with Gasteiger partial charge >= 0.3 is 0 Å². The molecule has 1 aromatic heterocycles. The zero-order valence-electron chi connectivity index (χ0n) is 15.6. The molecule has 142 valence electrons. The Morgan fingerprint density at radius 2 is 2.00 bits per heavy atom. The van der Waals surface area contributed by atoms with E-state index in [1.54, 1.807) is 6.20 Å². The summed E-state index contributed by atoms with van der Waals surface area (Å²) in [6.45, 7) is 7.36. The van der Waals surface area contributed by atoms with Gasteiger partial charge in [-0.15, -0.1) is 0 Å². The fourth-order valence-corrected chi connectivity index (χ4v) is 4.10. The van der Waals surface area contributed by atoms with Crippen LogP contribution in [0.5, 0.6) is 0 Å². The highest BCUT2D eigenvalue weighted by Gasteiger charge is 2.25. The maximum absolute atomic E-state index is 12.4. The van der Waals surface area contributed by atoms with Crippen molar-refractivity contribution >= 4 is 11.7 Å². The number of amides is 1. The summed E-state index contributed by atoms with van der Waals surface area (Å²) in [5, 5.41) is 6.51. The number of carbonyl (C=O) groups is 1. The first-order valence-corrected chi connectivity index (χ1v) is 10.2. The van der Waals surface area contributed by atoms with Gasteiger partial charge in [-0.25, -0.2) is 4.98 Å². The summed E-state index contributed by atoms with van der Waals surface area (Å²) in [4.78, 5) is 21.9. The van der Waals surface area contributed by atoms with E-state index in [0.717, 1.165) is 63.1 Å². The highest BCUT2D eigenvalue weighted by Crippen LogP contribution is 2.27. The van der Waals surface area contributed by atoms with Gasteiger partial charge in [-0.2, -0.15) is 0 Å². The topological polar surface area (TPSA) is 60.5 Å². The molecule has 0 radical (unpaired) electrons. The van der Waals surface area contributed by atoms with Crippen molar-refractivity contribution in [3.8, 4) is 0 Å². The van der Waals surface area contributed by atoms with Crippen molar-refractivity contribution in [3.05, 3.63) is 23.9 Å². The standard InChI is InChI=1S/C20H31N5O/c26-20(23-15-16-2-3-16)17-4-9-22-19(14-17)25-11-1-10-24(12-13-25)18-5-7-21-8-6-18/h4,9,14,16,18,21H,1-3,5-8,10-13,15H2,(H,23,26). The molecular weight excluding hydrogens is 326 g/mol. The summed E-state index contributed by atoms with van der Waals surface area (Å²) in [5.74, 6) is 1.68. The molecule has 0 spiro atoms. The first-order valence-electron chi connectivity index (χ1n) is 10.2. The molecule has 0 unspecified atom stereocenters. The van der Waals surface area contributed by atoms with Crippen LogP contribution >= 0.6 is 0 Å². The second-order valence-corrected chi connectivity index (χ2v) is 7.91. The quantitative estimate of drug-likeness (QED) is 0.836. The molecular formula is C20H31N5O. The monoisotopic (exact) mass is 357 g/mol. The van der Waals surface area contributed by atoms with Crippen LogP contribution in [-0.2, 0) is 0 Å². The number of pyridine rings is 1. The smallest absolute Gasteiger partial charge is 0.251 e. The Morgan fingerprint density at radius 3 is 2.81 bits per heavy atom. The molecule has 1 aliphatic carbocycles. The van der Waals surface area contributed by atoms with Gasteiger partial charge in [0.05, 0.1) is 0 Å². The minimum Gasteiger partial charge on any atom is -0.355 e. The number of anilines is 1. The third kappa shape index (κ3) is 4.54. The predicted molar refractivity (Wildman–Crippen MR) is 104 cm³/mol. The van der Waals surface area contributed by atoms with Crippen LogP contribution in [-0.4, -0.2) is 67.6 Å². The van der Waals surface area contributed by atoms with E-state index in [9.17, 15) is 4.79 Å². The highest BCUT2D eigenvalue weighted by atomic mass is 16.1. The number of rotatable bonds is 5. The summed E-state index contributed by atoms with van der Waals surface area (Å²) in [5.41, 5.74) is 0.732. The van der Waals surface area contributed by atoms with Crippen LogP contribution in [0.15, 0.2) is 18.3 Å². The molecule has 3 aliphatic rings. The molecule has 26 heavy (non-hydrogen) atoms. The second-order valence-electron chi connectivity index (χ2n) is 7.91. The Labute approximate surface area is 156 Å². The SMILES string of the molecule is O=C(NCC1CC1)c1ccnc(N2CCCN(C3CCNCC3)CC2)c1.